The molecule has 3 aromatic rings. The molecule has 6 heteroatoms. The minimum absolute atomic E-state index is 0.130. The van der Waals surface area contributed by atoms with Crippen molar-refractivity contribution in [2.24, 2.45) is 11.8 Å². The first-order valence-corrected chi connectivity index (χ1v) is 15.5. The van der Waals surface area contributed by atoms with E-state index in [0.29, 0.717) is 48.2 Å². The topological polar surface area (TPSA) is 82.4 Å². The molecular formula is C36H35N3O3. The number of Topliss-reactive ketones (excluding diaryl/α,β-unsaturated/α-hetero) is 1. The predicted octanol–water partition coefficient (Wildman–Crippen LogP) is 5.22. The summed E-state index contributed by atoms with van der Waals surface area (Å²) in [5.41, 5.74) is 6.71. The van der Waals surface area contributed by atoms with Crippen LogP contribution >= 0.6 is 0 Å². The van der Waals surface area contributed by atoms with Crippen LogP contribution in [-0.2, 0) is 23.1 Å². The zero-order valence-electron chi connectivity index (χ0n) is 23.8. The van der Waals surface area contributed by atoms with E-state index in [4.69, 9.17) is 10.00 Å². The van der Waals surface area contributed by atoms with Gasteiger partial charge < -0.3 is 10.1 Å². The average Bonchev–Trinajstić information content (AvgIpc) is 3.77. The van der Waals surface area contributed by atoms with Crippen molar-refractivity contribution >= 4 is 11.7 Å². The molecule has 2 heterocycles. The number of benzene rings is 3. The summed E-state index contributed by atoms with van der Waals surface area (Å²) >= 11 is 0. The van der Waals surface area contributed by atoms with E-state index in [2.05, 4.69) is 46.6 Å². The molecule has 5 aliphatic rings. The molecule has 3 aromatic carbocycles. The fourth-order valence-electron chi connectivity index (χ4n) is 8.48. The van der Waals surface area contributed by atoms with Gasteiger partial charge in [0, 0.05) is 36.5 Å². The van der Waals surface area contributed by atoms with Crippen LogP contribution in [0.3, 0.4) is 0 Å². The van der Waals surface area contributed by atoms with E-state index in [9.17, 15) is 9.59 Å². The van der Waals surface area contributed by atoms with E-state index in [-0.39, 0.29) is 17.1 Å². The molecular weight excluding hydrogens is 522 g/mol. The number of amides is 1. The van der Waals surface area contributed by atoms with Crippen LogP contribution in [-0.4, -0.2) is 48.4 Å². The number of rotatable bonds is 7. The van der Waals surface area contributed by atoms with E-state index >= 15 is 0 Å². The standard InChI is InChI=1S/C36H35N3O3/c37-20-23-5-9-26(10-6-23)25-7-3-22(4-8-25)15-17-38-35(41)28-12-11-27-19-30-29-13-14-31(40)34-36(29,32(27)33(28)42-34)16-18-39(30)21-24-1-2-24/h3-12,24,29-30,34H,1-2,13-19,21H2,(H,38,41)/t29?,30-,34+,36+/m1/s1. The second-order valence-electron chi connectivity index (χ2n) is 13.0. The first-order chi connectivity index (χ1) is 20.5. The molecule has 1 amide bonds. The highest BCUT2D eigenvalue weighted by Crippen LogP contribution is 2.62. The molecule has 2 aliphatic heterocycles. The Balaban J connectivity index is 0.996. The fraction of sp³-hybridized carbons (Fsp3) is 0.417. The smallest absolute Gasteiger partial charge is 0.255 e. The van der Waals surface area contributed by atoms with E-state index in [1.165, 1.54) is 30.5 Å². The third-order valence-electron chi connectivity index (χ3n) is 10.7. The summed E-state index contributed by atoms with van der Waals surface area (Å²) in [6.45, 7) is 2.72. The van der Waals surface area contributed by atoms with Crippen LogP contribution in [0.1, 0.15) is 64.7 Å². The molecule has 0 radical (unpaired) electrons. The lowest BCUT2D eigenvalue weighted by atomic mass is 9.51. The largest absolute Gasteiger partial charge is 0.481 e. The second-order valence-corrected chi connectivity index (χ2v) is 13.0. The van der Waals surface area contributed by atoms with Gasteiger partial charge in [0.15, 0.2) is 11.9 Å². The van der Waals surface area contributed by atoms with Crippen molar-refractivity contribution < 1.29 is 14.3 Å². The molecule has 3 fully saturated rings. The minimum atomic E-state index is -0.445. The summed E-state index contributed by atoms with van der Waals surface area (Å²) in [7, 11) is 0. The van der Waals surface area contributed by atoms with Gasteiger partial charge in [0.05, 0.1) is 17.2 Å². The lowest BCUT2D eigenvalue weighted by molar-refractivity contribution is -0.138. The van der Waals surface area contributed by atoms with Crippen LogP contribution in [0.4, 0.5) is 0 Å². The number of carbonyl (C=O) groups excluding carboxylic acids is 2. The summed E-state index contributed by atoms with van der Waals surface area (Å²) in [6.07, 6.45) is 6.43. The number of hydrogen-bond acceptors (Lipinski definition) is 5. The molecule has 6 nitrogen and oxygen atoms in total. The van der Waals surface area contributed by atoms with E-state index < -0.39 is 6.10 Å². The number of hydrogen-bond donors (Lipinski definition) is 1. The molecule has 4 atom stereocenters. The number of ether oxygens (including phenoxy) is 1. The normalized spacial score (nSPS) is 27.1. The minimum Gasteiger partial charge on any atom is -0.481 e. The summed E-state index contributed by atoms with van der Waals surface area (Å²) in [5.74, 6) is 2.03. The van der Waals surface area contributed by atoms with Gasteiger partial charge in [0.1, 0.15) is 5.75 Å². The van der Waals surface area contributed by atoms with Gasteiger partial charge in [-0.25, -0.2) is 0 Å². The number of nitrogens with zero attached hydrogens (tertiary/aromatic N) is 2. The fourth-order valence-corrected chi connectivity index (χ4v) is 8.48. The maximum atomic E-state index is 13.5. The first kappa shape index (κ1) is 25.7. The number of ketones is 1. The van der Waals surface area contributed by atoms with Gasteiger partial charge in [-0.15, -0.1) is 0 Å². The molecule has 8 rings (SSSR count). The van der Waals surface area contributed by atoms with Crippen LogP contribution < -0.4 is 10.1 Å². The highest BCUT2D eigenvalue weighted by Gasteiger charge is 2.66. The van der Waals surface area contributed by atoms with Crippen LogP contribution in [0.25, 0.3) is 11.1 Å². The number of nitriles is 1. The Morgan fingerprint density at radius 3 is 2.52 bits per heavy atom. The monoisotopic (exact) mass is 557 g/mol. The summed E-state index contributed by atoms with van der Waals surface area (Å²) in [6, 6.07) is 22.6. The molecule has 42 heavy (non-hydrogen) atoms. The Bertz CT molecular complexity index is 1620. The molecule has 0 aromatic heterocycles. The Morgan fingerprint density at radius 2 is 1.79 bits per heavy atom. The Morgan fingerprint density at radius 1 is 1.02 bits per heavy atom. The summed E-state index contributed by atoms with van der Waals surface area (Å²) in [4.78, 5) is 29.5. The van der Waals surface area contributed by atoms with Gasteiger partial charge in [-0.05, 0) is 97.4 Å². The predicted molar refractivity (Wildman–Crippen MR) is 159 cm³/mol. The van der Waals surface area contributed by atoms with Crippen molar-refractivity contribution in [3.8, 4) is 22.9 Å². The maximum Gasteiger partial charge on any atom is 0.255 e. The SMILES string of the molecule is N#Cc1ccc(-c2ccc(CCNC(=O)c3ccc4c5c3O[C@H]3C(=O)CCC6[C@@H](C4)N(CC4CC4)CC[C@@]563)cc2)cc1. The number of likely N-dealkylation sites (tertiary alicyclic amines) is 1. The maximum absolute atomic E-state index is 13.5. The molecule has 1 spiro atoms. The molecule has 1 saturated heterocycles. The zero-order valence-corrected chi connectivity index (χ0v) is 23.8. The molecule has 2 saturated carbocycles. The van der Waals surface area contributed by atoms with Gasteiger partial charge in [0.25, 0.3) is 5.91 Å². The Labute approximate surface area is 246 Å². The second kappa shape index (κ2) is 9.81. The zero-order chi connectivity index (χ0) is 28.4. The van der Waals surface area contributed by atoms with Crippen molar-refractivity contribution in [2.75, 3.05) is 19.6 Å². The van der Waals surface area contributed by atoms with Gasteiger partial charge in [-0.3, -0.25) is 14.5 Å². The van der Waals surface area contributed by atoms with Crippen molar-refractivity contribution in [1.82, 2.24) is 10.2 Å². The number of piperidine rings is 1. The van der Waals surface area contributed by atoms with E-state index in [1.807, 2.05) is 30.3 Å². The van der Waals surface area contributed by atoms with Gasteiger partial charge >= 0.3 is 0 Å². The van der Waals surface area contributed by atoms with Crippen LogP contribution in [0.5, 0.6) is 5.75 Å². The molecule has 2 bridgehead atoms. The van der Waals surface area contributed by atoms with Gasteiger partial charge in [-0.1, -0.05) is 42.5 Å². The third-order valence-corrected chi connectivity index (χ3v) is 10.7. The van der Waals surface area contributed by atoms with Crippen LogP contribution in [0, 0.1) is 23.2 Å². The summed E-state index contributed by atoms with van der Waals surface area (Å²) < 4.78 is 6.56. The van der Waals surface area contributed by atoms with Crippen molar-refractivity contribution in [2.45, 2.75) is 62.5 Å². The van der Waals surface area contributed by atoms with Crippen LogP contribution in [0.15, 0.2) is 60.7 Å². The number of carbonyl (C=O) groups is 2. The Hall–Kier alpha value is -3.95. The molecule has 1 N–H and O–H groups in total. The van der Waals surface area contributed by atoms with Crippen molar-refractivity contribution in [1.29, 1.82) is 5.26 Å². The first-order valence-electron chi connectivity index (χ1n) is 15.5. The van der Waals surface area contributed by atoms with E-state index in [1.54, 1.807) is 0 Å². The molecule has 3 aliphatic carbocycles. The molecule has 1 unspecified atom stereocenters. The number of nitrogens with one attached hydrogen (secondary N) is 1. The average molecular weight is 558 g/mol. The van der Waals surface area contributed by atoms with E-state index in [0.717, 1.165) is 48.4 Å². The third kappa shape index (κ3) is 4.01. The summed E-state index contributed by atoms with van der Waals surface area (Å²) in [5, 5.41) is 12.2. The molecule has 212 valence electrons. The van der Waals surface area contributed by atoms with Crippen molar-refractivity contribution in [3.05, 3.63) is 88.5 Å². The van der Waals surface area contributed by atoms with Crippen molar-refractivity contribution in [3.63, 3.8) is 0 Å². The van der Waals surface area contributed by atoms with Gasteiger partial charge in [0.2, 0.25) is 0 Å². The Kier molecular flexibility index (Phi) is 6.01. The lowest BCUT2D eigenvalue weighted by Gasteiger charge is -2.57. The quantitative estimate of drug-likeness (QED) is 0.431. The lowest BCUT2D eigenvalue weighted by Crippen LogP contribution is -2.66. The highest BCUT2D eigenvalue weighted by molar-refractivity contribution is 5.99. The highest BCUT2D eigenvalue weighted by atomic mass is 16.5. The van der Waals surface area contributed by atoms with Crippen LogP contribution in [0.2, 0.25) is 0 Å². The van der Waals surface area contributed by atoms with Gasteiger partial charge in [-0.2, -0.15) is 5.26 Å².